The van der Waals surface area contributed by atoms with Gasteiger partial charge in [0.2, 0.25) is 0 Å². The van der Waals surface area contributed by atoms with Crippen LogP contribution < -0.4 is 0 Å². The van der Waals surface area contributed by atoms with Crippen molar-refractivity contribution in [1.82, 2.24) is 59.1 Å². The molecule has 16 rings (SSSR count). The van der Waals surface area contributed by atoms with Crippen LogP contribution in [0, 0.1) is 105 Å². The predicted octanol–water partition coefficient (Wildman–Crippen LogP) is 25.6. The summed E-state index contributed by atoms with van der Waals surface area (Å²) < 4.78 is 8.80. The molecule has 0 saturated heterocycles. The number of hydrogen-bond acceptors (Lipinski definition) is 8. The van der Waals surface area contributed by atoms with Crippen LogP contribution in [0.25, 0.3) is 119 Å². The van der Waals surface area contributed by atoms with Crippen molar-refractivity contribution in [3.8, 4) is 114 Å². The van der Waals surface area contributed by atoms with E-state index < -0.39 is 0 Å². The fraction of sp³-hybridized carbons (Fsp3) is 0.221. The number of benzene rings is 12. The van der Waals surface area contributed by atoms with Gasteiger partial charge in [-0.1, -0.05) is 219 Å². The Hall–Kier alpha value is -10.7. The molecule has 0 aliphatic heterocycles. The summed E-state index contributed by atoms with van der Waals surface area (Å²) in [6.07, 6.45) is 1.74. The molecular weight excluding hydrogens is 2200 g/mol. The second-order valence-corrected chi connectivity index (χ2v) is 31.6. The summed E-state index contributed by atoms with van der Waals surface area (Å²) >= 11 is 0. The van der Waals surface area contributed by atoms with Crippen LogP contribution in [0.4, 0.5) is 5.69 Å². The summed E-state index contributed by atoms with van der Waals surface area (Å²) in [7, 11) is 0. The maximum atomic E-state index is 7.72. The molecule has 0 N–H and O–H groups in total. The first-order chi connectivity index (χ1) is 56.6. The topological polar surface area (TPSA) is 127 Å². The average Bonchev–Trinajstić information content (AvgIpc) is 1.66. The molecule has 4 heterocycles. The molecule has 622 valence electrons. The van der Waals surface area contributed by atoms with Gasteiger partial charge in [0.15, 0.2) is 29.0 Å². The SMILES string of the molecule is Cc1cc(C)c(-n2c(-c3[c-]cccc3)nnc2-c2ccccc2C)c(C)c1.Cc1ccccc1-c1nnc(-c2[c-]cccc2)n1-c1c(C(C)C)cccc1C(C)C.Cc1ccccc1-c1nnc(-c2[c-]cccc2)n1-c1c(C)cccc1C.[C-]#[N+]c1cc(CC(C)C)c(-n2c(-c3[c-]cccc3)nnc2-c2ccccc2C)c(CC(C)C)c1.[Ir].[Ir].[Ir].[Ir]. The molecule has 0 saturated carbocycles. The third kappa shape index (κ3) is 21.3. The van der Waals surface area contributed by atoms with Crippen molar-refractivity contribution in [2.45, 2.75) is 142 Å². The Labute approximate surface area is 769 Å². The van der Waals surface area contributed by atoms with E-state index in [1.807, 2.05) is 140 Å². The van der Waals surface area contributed by atoms with Gasteiger partial charge < -0.3 is 18.3 Å². The van der Waals surface area contributed by atoms with Gasteiger partial charge in [-0.15, -0.1) is 164 Å². The second-order valence-electron chi connectivity index (χ2n) is 31.6. The normalized spacial score (nSPS) is 10.8. The van der Waals surface area contributed by atoms with E-state index in [1.54, 1.807) is 0 Å². The smallest absolute Gasteiger partial charge is 0.187 e. The van der Waals surface area contributed by atoms with Gasteiger partial charge in [0.25, 0.3) is 0 Å². The first-order valence-electron chi connectivity index (χ1n) is 40.4. The number of para-hydroxylation sites is 2. The summed E-state index contributed by atoms with van der Waals surface area (Å²) in [5, 5.41) is 37.0. The fourth-order valence-electron chi connectivity index (χ4n) is 15.5. The molecule has 0 fully saturated rings. The zero-order valence-electron chi connectivity index (χ0n) is 71.6. The summed E-state index contributed by atoms with van der Waals surface area (Å²) in [6, 6.07) is 99.7. The van der Waals surface area contributed by atoms with E-state index >= 15 is 0 Å². The van der Waals surface area contributed by atoms with Crippen molar-refractivity contribution in [2.24, 2.45) is 11.8 Å². The van der Waals surface area contributed by atoms with Crippen molar-refractivity contribution in [2.75, 3.05) is 0 Å². The molecule has 13 nitrogen and oxygen atoms in total. The van der Waals surface area contributed by atoms with E-state index in [2.05, 4.69) is 311 Å². The van der Waals surface area contributed by atoms with Crippen LogP contribution in [0.1, 0.15) is 140 Å². The minimum absolute atomic E-state index is 0. The van der Waals surface area contributed by atoms with Crippen LogP contribution in [0.3, 0.4) is 0 Å². The van der Waals surface area contributed by atoms with E-state index in [-0.39, 0.29) is 80.4 Å². The molecule has 0 aliphatic rings. The fourth-order valence-corrected chi connectivity index (χ4v) is 15.5. The minimum Gasteiger partial charge on any atom is -0.316 e. The molecule has 121 heavy (non-hydrogen) atoms. The van der Waals surface area contributed by atoms with Crippen LogP contribution in [0.2, 0.25) is 0 Å². The van der Waals surface area contributed by atoms with E-state index in [0.29, 0.717) is 29.4 Å². The van der Waals surface area contributed by atoms with Crippen molar-refractivity contribution < 1.29 is 80.4 Å². The predicted molar refractivity (Wildman–Crippen MR) is 478 cm³/mol. The maximum absolute atomic E-state index is 7.72. The Kier molecular flexibility index (Phi) is 33.6. The Morgan fingerprint density at radius 2 is 0.537 bits per heavy atom. The Balaban J connectivity index is 0.000000182. The number of rotatable bonds is 18. The molecule has 0 amide bonds. The van der Waals surface area contributed by atoms with E-state index in [9.17, 15) is 0 Å². The molecule has 0 aliphatic carbocycles. The number of aromatic nitrogens is 12. The summed E-state index contributed by atoms with van der Waals surface area (Å²) in [5.41, 5.74) is 28.9. The van der Waals surface area contributed by atoms with Gasteiger partial charge in [-0.05, 0) is 166 Å². The van der Waals surface area contributed by atoms with E-state index in [4.69, 9.17) is 16.8 Å². The molecule has 12 aromatic carbocycles. The molecule has 16 aromatic rings. The van der Waals surface area contributed by atoms with Crippen LogP contribution in [0.15, 0.2) is 255 Å². The van der Waals surface area contributed by atoms with Gasteiger partial charge in [0.1, 0.15) is 0 Å². The van der Waals surface area contributed by atoms with Gasteiger partial charge in [0.05, 0.1) is 29.9 Å². The Bertz CT molecular complexity index is 6070. The molecular formula is C104H101Ir4N13-4. The molecule has 0 bridgehead atoms. The third-order valence-electron chi connectivity index (χ3n) is 20.9. The van der Waals surface area contributed by atoms with Crippen LogP contribution in [-0.4, -0.2) is 59.1 Å². The van der Waals surface area contributed by atoms with E-state index in [1.165, 1.54) is 61.3 Å². The molecule has 0 atom stereocenters. The van der Waals surface area contributed by atoms with Gasteiger partial charge in [-0.2, -0.15) is 20.4 Å². The maximum Gasteiger partial charge on any atom is 0.187 e. The number of nitrogens with zero attached hydrogens (tertiary/aromatic N) is 13. The molecule has 4 aromatic heterocycles. The number of hydrogen-bond donors (Lipinski definition) is 0. The Morgan fingerprint density at radius 1 is 0.281 bits per heavy atom. The molecule has 0 unspecified atom stereocenters. The molecule has 0 spiro atoms. The average molecular weight is 2300 g/mol. The first kappa shape index (κ1) is 94.1. The zero-order chi connectivity index (χ0) is 82.6. The van der Waals surface area contributed by atoms with Gasteiger partial charge in [-0.25, -0.2) is 4.85 Å². The monoisotopic (exact) mass is 2300 g/mol. The second kappa shape index (κ2) is 43.2. The quantitative estimate of drug-likeness (QED) is 0.0777. The van der Waals surface area contributed by atoms with Crippen LogP contribution in [0.5, 0.6) is 0 Å². The number of aryl methyl sites for hydroxylation is 9. The van der Waals surface area contributed by atoms with Crippen molar-refractivity contribution in [1.29, 1.82) is 0 Å². The van der Waals surface area contributed by atoms with Crippen molar-refractivity contribution >= 4 is 5.69 Å². The van der Waals surface area contributed by atoms with E-state index in [0.717, 1.165) is 138 Å². The largest absolute Gasteiger partial charge is 0.316 e. The Morgan fingerprint density at radius 3 is 0.810 bits per heavy atom. The van der Waals surface area contributed by atoms with Gasteiger partial charge >= 0.3 is 0 Å². The third-order valence-corrected chi connectivity index (χ3v) is 20.9. The first-order valence-corrected chi connectivity index (χ1v) is 40.4. The van der Waals surface area contributed by atoms with Crippen molar-refractivity contribution in [3.63, 3.8) is 0 Å². The van der Waals surface area contributed by atoms with Crippen LogP contribution in [-0.2, 0) is 93.3 Å². The van der Waals surface area contributed by atoms with Gasteiger partial charge in [0, 0.05) is 125 Å². The zero-order valence-corrected chi connectivity index (χ0v) is 81.2. The molecule has 17 heteroatoms. The van der Waals surface area contributed by atoms with Crippen molar-refractivity contribution in [3.05, 3.63) is 363 Å². The molecule has 4 radical (unpaired) electrons. The summed E-state index contributed by atoms with van der Waals surface area (Å²) in [6.45, 7) is 44.7. The summed E-state index contributed by atoms with van der Waals surface area (Å²) in [4.78, 5) is 3.81. The standard InChI is InChI=1S/C30H31N4.C27H28N3.C24H22N3.C23H20N3.4Ir/c1-20(2)16-24-18-26(31-6)19-25(17-21(3)4)28(24)34-29(23-13-8-7-9-14-23)32-33-30(34)27-15-11-10-12-22(27)5;1-18(2)22-16-11-17-23(19(3)4)25(22)30-26(21-13-7-6-8-14-21)28-29-27(30)24-15-10-9-12-20(24)5;1-16-14-18(3)22(19(4)15-16)27-23(20-11-6-5-7-12-20)25-26-24(27)21-13-9-8-10-17(21)2;1-16-10-7-8-15-20(16)23-25-24-22(19-13-5-4-6-14-19)26(23)21-17(2)11-9-12-18(21)3;;;;/h7-13,15,18-21H,16-17H2,1-5H3;6-13,15-19H,1-5H3;5-11,13-15H,1-4H3;4-13,15H,1-3H3;;;;/q4*-1;;;;. The minimum atomic E-state index is 0. The van der Waals surface area contributed by atoms with Crippen LogP contribution >= 0.6 is 0 Å². The van der Waals surface area contributed by atoms with Gasteiger partial charge in [-0.3, -0.25) is 0 Å². The summed E-state index contributed by atoms with van der Waals surface area (Å²) in [5.74, 6) is 8.23.